The monoisotopic (exact) mass is 197 g/mol. The number of benzene rings is 1. The van der Waals surface area contributed by atoms with E-state index in [0.717, 1.165) is 5.56 Å². The van der Waals surface area contributed by atoms with Crippen molar-refractivity contribution >= 4 is 11.5 Å². The predicted molar refractivity (Wildman–Crippen MR) is 53.0 cm³/mol. The normalized spacial score (nSPS) is 11.4. The van der Waals surface area contributed by atoms with Gasteiger partial charge in [0.2, 0.25) is 0 Å². The maximum absolute atomic E-state index is 12.8. The molecule has 0 amide bonds. The molecule has 76 valence electrons. The van der Waals surface area contributed by atoms with Crippen molar-refractivity contribution in [2.24, 2.45) is 10.9 Å². The van der Waals surface area contributed by atoms with Crippen LogP contribution in [0.5, 0.6) is 0 Å². The molecule has 0 saturated carbocycles. The van der Waals surface area contributed by atoms with E-state index in [0.29, 0.717) is 5.69 Å². The molecule has 1 aromatic carbocycles. The third-order valence-corrected chi connectivity index (χ3v) is 1.79. The van der Waals surface area contributed by atoms with Crippen molar-refractivity contribution in [3.63, 3.8) is 0 Å². The van der Waals surface area contributed by atoms with Crippen molar-refractivity contribution in [3.8, 4) is 0 Å². The lowest BCUT2D eigenvalue weighted by molar-refractivity contribution is 0.317. The van der Waals surface area contributed by atoms with Crippen molar-refractivity contribution in [1.29, 1.82) is 0 Å². The summed E-state index contributed by atoms with van der Waals surface area (Å²) in [6.45, 7) is 2.02. The van der Waals surface area contributed by atoms with E-state index in [2.05, 4.69) is 10.5 Å². The average Bonchev–Trinajstić information content (AvgIpc) is 2.19. The van der Waals surface area contributed by atoms with Gasteiger partial charge in [-0.3, -0.25) is 0 Å². The van der Waals surface area contributed by atoms with E-state index < -0.39 is 0 Å². The molecule has 0 fully saturated rings. The highest BCUT2D eigenvalue weighted by Gasteiger charge is 2.00. The number of nitrogens with zero attached hydrogens (tertiary/aromatic N) is 1. The number of anilines is 1. The number of hydrogen-bond donors (Lipinski definition) is 3. The average molecular weight is 197 g/mol. The molecule has 0 atom stereocenters. The summed E-state index contributed by atoms with van der Waals surface area (Å²) in [5, 5.41) is 13.9. The molecule has 0 bridgehead atoms. The van der Waals surface area contributed by atoms with Gasteiger partial charge in [-0.2, -0.15) is 0 Å². The first-order valence-electron chi connectivity index (χ1n) is 4.10. The molecule has 0 aliphatic heterocycles. The molecule has 0 aromatic heterocycles. The number of nitrogens with two attached hydrogens (primary N) is 1. The van der Waals surface area contributed by atoms with Gasteiger partial charge in [0.05, 0.1) is 6.54 Å². The van der Waals surface area contributed by atoms with Gasteiger partial charge in [0.1, 0.15) is 5.82 Å². The molecule has 0 radical (unpaired) electrons. The Morgan fingerprint density at radius 2 is 2.36 bits per heavy atom. The highest BCUT2D eigenvalue weighted by Crippen LogP contribution is 2.15. The highest BCUT2D eigenvalue weighted by molar-refractivity contribution is 5.84. The van der Waals surface area contributed by atoms with Crippen molar-refractivity contribution in [1.82, 2.24) is 0 Å². The number of halogens is 1. The lowest BCUT2D eigenvalue weighted by atomic mass is 10.2. The Balaban J connectivity index is 2.71. The number of hydrogen-bond acceptors (Lipinski definition) is 3. The minimum absolute atomic E-state index is 0.0497. The number of amidine groups is 1. The number of nitrogens with one attached hydrogen (secondary N) is 1. The van der Waals surface area contributed by atoms with Gasteiger partial charge in [0.25, 0.3) is 0 Å². The molecule has 1 aromatic rings. The minimum Gasteiger partial charge on any atom is -0.409 e. The van der Waals surface area contributed by atoms with Crippen LogP contribution in [0.3, 0.4) is 0 Å². The zero-order valence-corrected chi connectivity index (χ0v) is 7.79. The third-order valence-electron chi connectivity index (χ3n) is 1.79. The largest absolute Gasteiger partial charge is 0.409 e. The first kappa shape index (κ1) is 10.3. The minimum atomic E-state index is -0.322. The Morgan fingerprint density at radius 1 is 1.64 bits per heavy atom. The van der Waals surface area contributed by atoms with Crippen molar-refractivity contribution in [3.05, 3.63) is 29.6 Å². The number of aryl methyl sites for hydroxylation is 1. The smallest absolute Gasteiger partial charge is 0.158 e. The fourth-order valence-corrected chi connectivity index (χ4v) is 1.01. The van der Waals surface area contributed by atoms with Crippen molar-refractivity contribution < 1.29 is 9.60 Å². The summed E-state index contributed by atoms with van der Waals surface area (Å²) in [6.07, 6.45) is 0. The number of oxime groups is 1. The summed E-state index contributed by atoms with van der Waals surface area (Å²) in [5.41, 5.74) is 6.79. The molecular weight excluding hydrogens is 185 g/mol. The first-order chi connectivity index (χ1) is 6.63. The van der Waals surface area contributed by atoms with Crippen LogP contribution in [0.25, 0.3) is 0 Å². The predicted octanol–water partition coefficient (Wildman–Crippen LogP) is 1.29. The molecule has 5 heteroatoms. The van der Waals surface area contributed by atoms with Crippen LogP contribution in [0.1, 0.15) is 5.56 Å². The molecule has 0 saturated heterocycles. The van der Waals surface area contributed by atoms with E-state index in [1.165, 1.54) is 12.1 Å². The van der Waals surface area contributed by atoms with Crippen LogP contribution in [0.4, 0.5) is 10.1 Å². The Kier molecular flexibility index (Phi) is 3.28. The van der Waals surface area contributed by atoms with E-state index in [1.807, 2.05) is 6.92 Å². The Hall–Kier alpha value is -1.78. The molecule has 0 heterocycles. The van der Waals surface area contributed by atoms with Crippen LogP contribution < -0.4 is 11.1 Å². The summed E-state index contributed by atoms with van der Waals surface area (Å²) in [6, 6.07) is 4.40. The topological polar surface area (TPSA) is 70.6 Å². The van der Waals surface area contributed by atoms with E-state index in [9.17, 15) is 4.39 Å². The summed E-state index contributed by atoms with van der Waals surface area (Å²) in [4.78, 5) is 0. The van der Waals surface area contributed by atoms with Gasteiger partial charge in [-0.25, -0.2) is 4.39 Å². The molecule has 0 unspecified atom stereocenters. The molecule has 4 nitrogen and oxygen atoms in total. The maximum atomic E-state index is 12.8. The van der Waals surface area contributed by atoms with E-state index >= 15 is 0 Å². The zero-order chi connectivity index (χ0) is 10.6. The Labute approximate surface area is 81.2 Å². The lowest BCUT2D eigenvalue weighted by Gasteiger charge is -2.08. The second kappa shape index (κ2) is 4.45. The summed E-state index contributed by atoms with van der Waals surface area (Å²) < 4.78 is 12.8. The van der Waals surface area contributed by atoms with Crippen LogP contribution >= 0.6 is 0 Å². The molecule has 0 aliphatic rings. The van der Waals surface area contributed by atoms with Gasteiger partial charge >= 0.3 is 0 Å². The SMILES string of the molecule is Cc1ccc(F)cc1NC/C(N)=N/O. The van der Waals surface area contributed by atoms with E-state index in [-0.39, 0.29) is 18.2 Å². The standard InChI is InChI=1S/C9H12FN3O/c1-6-2-3-7(10)4-8(6)12-5-9(11)13-14/h2-4,12,14H,5H2,1H3,(H2,11,13). The van der Waals surface area contributed by atoms with Gasteiger partial charge in [-0.1, -0.05) is 11.2 Å². The molecule has 0 spiro atoms. The second-order valence-electron chi connectivity index (χ2n) is 2.90. The van der Waals surface area contributed by atoms with E-state index in [1.54, 1.807) is 6.07 Å². The molecule has 14 heavy (non-hydrogen) atoms. The van der Waals surface area contributed by atoms with Crippen LogP contribution in [0.2, 0.25) is 0 Å². The Morgan fingerprint density at radius 3 is 3.00 bits per heavy atom. The fourth-order valence-electron chi connectivity index (χ4n) is 1.01. The van der Waals surface area contributed by atoms with Crippen LogP contribution in [0, 0.1) is 12.7 Å². The molecule has 0 aliphatic carbocycles. The maximum Gasteiger partial charge on any atom is 0.158 e. The van der Waals surface area contributed by atoms with Gasteiger partial charge in [0, 0.05) is 5.69 Å². The first-order valence-corrected chi connectivity index (χ1v) is 4.10. The molecule has 1 rings (SSSR count). The Bertz CT molecular complexity index is 352. The van der Waals surface area contributed by atoms with Crippen molar-refractivity contribution in [2.75, 3.05) is 11.9 Å². The van der Waals surface area contributed by atoms with E-state index in [4.69, 9.17) is 10.9 Å². The van der Waals surface area contributed by atoms with Gasteiger partial charge in [0.15, 0.2) is 5.84 Å². The van der Waals surface area contributed by atoms with Crippen LogP contribution in [-0.2, 0) is 0 Å². The quantitative estimate of drug-likeness (QED) is 0.296. The summed E-state index contributed by atoms with van der Waals surface area (Å²) in [7, 11) is 0. The molecular formula is C9H12FN3O. The molecule has 4 N–H and O–H groups in total. The van der Waals surface area contributed by atoms with Crippen molar-refractivity contribution in [2.45, 2.75) is 6.92 Å². The number of rotatable bonds is 3. The van der Waals surface area contributed by atoms with Gasteiger partial charge in [-0.05, 0) is 24.6 Å². The van der Waals surface area contributed by atoms with Gasteiger partial charge in [-0.15, -0.1) is 0 Å². The fraction of sp³-hybridized carbons (Fsp3) is 0.222. The summed E-state index contributed by atoms with van der Waals surface area (Å²) >= 11 is 0. The summed E-state index contributed by atoms with van der Waals surface area (Å²) in [5.74, 6) is -0.272. The third kappa shape index (κ3) is 2.62. The highest BCUT2D eigenvalue weighted by atomic mass is 19.1. The lowest BCUT2D eigenvalue weighted by Crippen LogP contribution is -2.22. The zero-order valence-electron chi connectivity index (χ0n) is 7.79. The second-order valence-corrected chi connectivity index (χ2v) is 2.90. The van der Waals surface area contributed by atoms with Gasteiger partial charge < -0.3 is 16.3 Å². The van der Waals surface area contributed by atoms with Crippen LogP contribution in [0.15, 0.2) is 23.4 Å². The van der Waals surface area contributed by atoms with Crippen LogP contribution in [-0.4, -0.2) is 17.6 Å².